The monoisotopic (exact) mass is 295 g/mol. The Balaban J connectivity index is 1.80. The molecule has 0 radical (unpaired) electrons. The highest BCUT2D eigenvalue weighted by Crippen LogP contribution is 2.15. The van der Waals surface area contributed by atoms with Crippen molar-refractivity contribution in [3.05, 3.63) is 40.3 Å². The van der Waals surface area contributed by atoms with E-state index in [1.165, 1.54) is 28.5 Å². The Bertz CT molecular complexity index is 647. The van der Waals surface area contributed by atoms with E-state index in [4.69, 9.17) is 9.84 Å². The van der Waals surface area contributed by atoms with Crippen molar-refractivity contribution >= 4 is 17.7 Å². The van der Waals surface area contributed by atoms with Gasteiger partial charge in [0.2, 0.25) is 0 Å². The van der Waals surface area contributed by atoms with Gasteiger partial charge in [0, 0.05) is 12.8 Å². The summed E-state index contributed by atoms with van der Waals surface area (Å²) >= 11 is 1.40. The number of carboxylic acids is 1. The number of rotatable bonds is 6. The van der Waals surface area contributed by atoms with Gasteiger partial charge in [-0.1, -0.05) is 11.8 Å². The third-order valence-corrected chi connectivity index (χ3v) is 3.52. The molecular weight excluding hydrogens is 282 g/mol. The minimum absolute atomic E-state index is 0.221. The number of nitrogens with zero attached hydrogens (tertiary/aromatic N) is 2. The zero-order valence-corrected chi connectivity index (χ0v) is 11.5. The molecule has 1 heterocycles. The molecule has 0 aliphatic heterocycles. The molecule has 2 rings (SSSR count). The van der Waals surface area contributed by atoms with Crippen molar-refractivity contribution in [3.8, 4) is 5.75 Å². The second-order valence-corrected chi connectivity index (χ2v) is 4.96. The summed E-state index contributed by atoms with van der Waals surface area (Å²) in [5.41, 5.74) is -0.0316. The number of aromatic nitrogens is 3. The van der Waals surface area contributed by atoms with E-state index in [-0.39, 0.29) is 11.3 Å². The molecule has 20 heavy (non-hydrogen) atoms. The summed E-state index contributed by atoms with van der Waals surface area (Å²) in [5, 5.41) is 15.6. The van der Waals surface area contributed by atoms with E-state index in [1.807, 2.05) is 0 Å². The molecule has 0 saturated heterocycles. The fraction of sp³-hybridized carbons (Fsp3) is 0.250. The van der Waals surface area contributed by atoms with E-state index in [0.717, 1.165) is 0 Å². The molecule has 0 fully saturated rings. The van der Waals surface area contributed by atoms with Crippen LogP contribution in [0.15, 0.2) is 34.2 Å². The number of aromatic carboxylic acids is 1. The van der Waals surface area contributed by atoms with Crippen LogP contribution in [0.5, 0.6) is 5.75 Å². The van der Waals surface area contributed by atoms with Crippen molar-refractivity contribution in [3.63, 3.8) is 0 Å². The Labute approximate surface area is 118 Å². The Morgan fingerprint density at radius 1 is 1.45 bits per heavy atom. The van der Waals surface area contributed by atoms with Gasteiger partial charge in [-0.2, -0.15) is 0 Å². The van der Waals surface area contributed by atoms with Crippen LogP contribution in [0.4, 0.5) is 0 Å². The topological polar surface area (TPSA) is 97.2 Å². The number of hydrogen-bond acceptors (Lipinski definition) is 5. The lowest BCUT2D eigenvalue weighted by molar-refractivity contribution is 0.0697. The van der Waals surface area contributed by atoms with Crippen LogP contribution in [0.3, 0.4) is 0 Å². The van der Waals surface area contributed by atoms with Gasteiger partial charge in [-0.05, 0) is 24.3 Å². The summed E-state index contributed by atoms with van der Waals surface area (Å²) in [6, 6.07) is 6.20. The molecule has 0 unspecified atom stereocenters. The van der Waals surface area contributed by atoms with Crippen molar-refractivity contribution in [2.24, 2.45) is 7.05 Å². The van der Waals surface area contributed by atoms with Crippen LogP contribution in [0.25, 0.3) is 0 Å². The van der Waals surface area contributed by atoms with E-state index in [2.05, 4.69) is 10.2 Å². The Morgan fingerprint density at radius 3 is 2.70 bits per heavy atom. The quantitative estimate of drug-likeness (QED) is 0.609. The van der Waals surface area contributed by atoms with E-state index in [9.17, 15) is 9.59 Å². The smallest absolute Gasteiger partial charge is 0.343 e. The van der Waals surface area contributed by atoms with Crippen LogP contribution in [0.1, 0.15) is 10.4 Å². The van der Waals surface area contributed by atoms with E-state index in [1.54, 1.807) is 19.2 Å². The fourth-order valence-corrected chi connectivity index (χ4v) is 2.18. The number of carboxylic acid groups (broad SMARTS) is 1. The molecular formula is C12H13N3O4S. The molecule has 0 aliphatic rings. The number of nitrogens with one attached hydrogen (secondary N) is 1. The average Bonchev–Trinajstić information content (AvgIpc) is 2.76. The first-order valence-electron chi connectivity index (χ1n) is 5.78. The SMILES string of the molecule is Cn1c(SCCOc2ccc(C(=O)O)cc2)n[nH]c1=O. The first-order chi connectivity index (χ1) is 9.58. The van der Waals surface area contributed by atoms with Crippen LogP contribution in [-0.4, -0.2) is 38.2 Å². The Hall–Kier alpha value is -2.22. The Kier molecular flexibility index (Phi) is 4.46. The molecule has 7 nitrogen and oxygen atoms in total. The van der Waals surface area contributed by atoms with E-state index in [0.29, 0.717) is 23.3 Å². The minimum atomic E-state index is -0.966. The van der Waals surface area contributed by atoms with Crippen LogP contribution >= 0.6 is 11.8 Å². The van der Waals surface area contributed by atoms with Crippen molar-refractivity contribution in [1.82, 2.24) is 14.8 Å². The molecule has 0 amide bonds. The highest BCUT2D eigenvalue weighted by atomic mass is 32.2. The highest BCUT2D eigenvalue weighted by molar-refractivity contribution is 7.99. The number of H-pyrrole nitrogens is 1. The standard InChI is InChI=1S/C12H13N3O4S/c1-15-11(18)13-14-12(15)20-7-6-19-9-4-2-8(3-5-9)10(16)17/h2-5H,6-7H2,1H3,(H,13,18)(H,16,17). The van der Waals surface area contributed by atoms with Gasteiger partial charge in [0.15, 0.2) is 5.16 Å². The number of aromatic amines is 1. The lowest BCUT2D eigenvalue weighted by Crippen LogP contribution is -2.13. The van der Waals surface area contributed by atoms with Crippen molar-refractivity contribution in [2.75, 3.05) is 12.4 Å². The molecule has 0 spiro atoms. The second-order valence-electron chi connectivity index (χ2n) is 3.90. The largest absolute Gasteiger partial charge is 0.493 e. The van der Waals surface area contributed by atoms with Crippen LogP contribution in [-0.2, 0) is 7.05 Å². The third kappa shape index (κ3) is 3.41. The summed E-state index contributed by atoms with van der Waals surface area (Å²) in [6.07, 6.45) is 0. The molecule has 2 N–H and O–H groups in total. The number of carbonyl (C=O) groups is 1. The molecule has 2 aromatic rings. The summed E-state index contributed by atoms with van der Waals surface area (Å²) in [6.45, 7) is 0.429. The van der Waals surface area contributed by atoms with Gasteiger partial charge in [-0.15, -0.1) is 5.10 Å². The average molecular weight is 295 g/mol. The maximum atomic E-state index is 11.1. The predicted octanol–water partition coefficient (Wildman–Crippen LogP) is 0.978. The number of ether oxygens (including phenoxy) is 1. The first-order valence-corrected chi connectivity index (χ1v) is 6.77. The van der Waals surface area contributed by atoms with Crippen LogP contribution in [0.2, 0.25) is 0 Å². The third-order valence-electron chi connectivity index (χ3n) is 2.52. The zero-order valence-electron chi connectivity index (χ0n) is 10.7. The van der Waals surface area contributed by atoms with Crippen molar-refractivity contribution in [2.45, 2.75) is 5.16 Å². The summed E-state index contributed by atoms with van der Waals surface area (Å²) in [5.74, 6) is 0.261. The number of hydrogen-bond donors (Lipinski definition) is 2. The normalized spacial score (nSPS) is 10.4. The van der Waals surface area contributed by atoms with Gasteiger partial charge in [0.05, 0.1) is 12.2 Å². The summed E-state index contributed by atoms with van der Waals surface area (Å²) < 4.78 is 6.89. The van der Waals surface area contributed by atoms with Gasteiger partial charge < -0.3 is 9.84 Å². The highest BCUT2D eigenvalue weighted by Gasteiger charge is 2.05. The molecule has 0 bridgehead atoms. The molecule has 0 atom stereocenters. The minimum Gasteiger partial charge on any atom is -0.493 e. The van der Waals surface area contributed by atoms with Gasteiger partial charge in [0.1, 0.15) is 5.75 Å². The first kappa shape index (κ1) is 14.2. The molecule has 106 valence electrons. The van der Waals surface area contributed by atoms with E-state index < -0.39 is 5.97 Å². The predicted molar refractivity (Wildman–Crippen MR) is 73.4 cm³/mol. The maximum absolute atomic E-state index is 11.1. The fourth-order valence-electron chi connectivity index (χ4n) is 1.45. The Morgan fingerprint density at radius 2 is 2.15 bits per heavy atom. The lowest BCUT2D eigenvalue weighted by atomic mass is 10.2. The van der Waals surface area contributed by atoms with Crippen LogP contribution in [0, 0.1) is 0 Å². The summed E-state index contributed by atoms with van der Waals surface area (Å²) in [4.78, 5) is 21.8. The van der Waals surface area contributed by atoms with Crippen LogP contribution < -0.4 is 10.4 Å². The molecule has 1 aromatic carbocycles. The maximum Gasteiger partial charge on any atom is 0.343 e. The molecule has 0 saturated carbocycles. The lowest BCUT2D eigenvalue weighted by Gasteiger charge is -2.05. The molecule has 1 aromatic heterocycles. The van der Waals surface area contributed by atoms with Gasteiger partial charge in [0.25, 0.3) is 0 Å². The zero-order chi connectivity index (χ0) is 14.5. The van der Waals surface area contributed by atoms with Crippen molar-refractivity contribution in [1.29, 1.82) is 0 Å². The molecule has 8 heteroatoms. The van der Waals surface area contributed by atoms with Gasteiger partial charge in [-0.25, -0.2) is 14.7 Å². The number of benzene rings is 1. The van der Waals surface area contributed by atoms with Gasteiger partial charge in [-0.3, -0.25) is 4.57 Å². The van der Waals surface area contributed by atoms with Gasteiger partial charge >= 0.3 is 11.7 Å². The van der Waals surface area contributed by atoms with Crippen molar-refractivity contribution < 1.29 is 14.6 Å². The molecule has 0 aliphatic carbocycles. The summed E-state index contributed by atoms with van der Waals surface area (Å²) in [7, 11) is 1.64. The van der Waals surface area contributed by atoms with E-state index >= 15 is 0 Å². The number of thioether (sulfide) groups is 1. The second kappa shape index (κ2) is 6.29.